The van der Waals surface area contributed by atoms with Gasteiger partial charge >= 0.3 is 10.1 Å². The molecule has 0 saturated heterocycles. The highest BCUT2D eigenvalue weighted by Crippen LogP contribution is 2.23. The third-order valence-electron chi connectivity index (χ3n) is 3.52. The maximum atomic E-state index is 12.4. The number of hydroxylamine groups is 1. The number of hydrogen-bond donors (Lipinski definition) is 1. The Hall–Kier alpha value is -2.54. The van der Waals surface area contributed by atoms with E-state index in [0.29, 0.717) is 10.9 Å². The Morgan fingerprint density at radius 2 is 1.54 bits per heavy atom. The second kappa shape index (κ2) is 6.92. The molecule has 0 aliphatic carbocycles. The lowest BCUT2D eigenvalue weighted by molar-refractivity contribution is 0.0936. The number of nitrogens with one attached hydrogen (secondary N) is 1. The summed E-state index contributed by atoms with van der Waals surface area (Å²) in [7, 11) is -4.03. The van der Waals surface area contributed by atoms with E-state index in [2.05, 4.69) is 5.48 Å². The van der Waals surface area contributed by atoms with Crippen LogP contribution in [0, 0.1) is 0 Å². The number of ketones is 1. The Morgan fingerprint density at radius 1 is 0.875 bits per heavy atom. The highest BCUT2D eigenvalue weighted by atomic mass is 32.2. The van der Waals surface area contributed by atoms with Crippen molar-refractivity contribution in [3.63, 3.8) is 0 Å². The summed E-state index contributed by atoms with van der Waals surface area (Å²) in [6.45, 7) is -0.242. The van der Waals surface area contributed by atoms with Crippen molar-refractivity contribution in [1.82, 2.24) is 5.48 Å². The van der Waals surface area contributed by atoms with Gasteiger partial charge in [0.2, 0.25) is 0 Å². The summed E-state index contributed by atoms with van der Waals surface area (Å²) in [4.78, 5) is 12.0. The molecule has 0 unspecified atom stereocenters. The van der Waals surface area contributed by atoms with Crippen LogP contribution in [0.25, 0.3) is 10.8 Å². The first-order valence-electron chi connectivity index (χ1n) is 7.30. The third kappa shape index (κ3) is 3.51. The molecule has 0 spiro atoms. The third-order valence-corrected chi connectivity index (χ3v) is 4.75. The number of fused-ring (bicyclic) bond motifs is 1. The molecule has 1 N–H and O–H groups in total. The van der Waals surface area contributed by atoms with Gasteiger partial charge in [-0.25, -0.2) is 0 Å². The zero-order chi connectivity index (χ0) is 17.0. The number of carbonyl (C=O) groups is 1. The predicted octanol–water partition coefficient (Wildman–Crippen LogP) is 2.93. The Bertz CT molecular complexity index is 963. The van der Waals surface area contributed by atoms with Crippen molar-refractivity contribution in [3.8, 4) is 0 Å². The van der Waals surface area contributed by atoms with Crippen LogP contribution in [0.1, 0.15) is 10.4 Å². The van der Waals surface area contributed by atoms with E-state index < -0.39 is 10.1 Å². The molecule has 0 fully saturated rings. The Labute approximate surface area is 140 Å². The van der Waals surface area contributed by atoms with E-state index in [4.69, 9.17) is 4.28 Å². The fourth-order valence-corrected chi connectivity index (χ4v) is 3.36. The number of benzene rings is 3. The second-order valence-corrected chi connectivity index (χ2v) is 6.64. The molecule has 0 bridgehead atoms. The van der Waals surface area contributed by atoms with Crippen LogP contribution in [-0.2, 0) is 14.4 Å². The van der Waals surface area contributed by atoms with Gasteiger partial charge in [-0.15, -0.1) is 0 Å². The maximum absolute atomic E-state index is 12.4. The summed E-state index contributed by atoms with van der Waals surface area (Å²) < 4.78 is 29.6. The fraction of sp³-hybridized carbons (Fsp3) is 0.0556. The van der Waals surface area contributed by atoms with Crippen LogP contribution >= 0.6 is 0 Å². The van der Waals surface area contributed by atoms with E-state index in [1.165, 1.54) is 6.07 Å². The largest absolute Gasteiger partial charge is 0.313 e. The van der Waals surface area contributed by atoms with E-state index >= 15 is 0 Å². The predicted molar refractivity (Wildman–Crippen MR) is 91.0 cm³/mol. The molecule has 122 valence electrons. The van der Waals surface area contributed by atoms with Crippen LogP contribution in [0.2, 0.25) is 0 Å². The van der Waals surface area contributed by atoms with Gasteiger partial charge in [0.05, 0.1) is 6.54 Å². The van der Waals surface area contributed by atoms with Gasteiger partial charge < -0.3 is 0 Å². The Kier molecular flexibility index (Phi) is 4.71. The first-order valence-corrected chi connectivity index (χ1v) is 8.71. The molecule has 0 aromatic heterocycles. The molecule has 3 rings (SSSR count). The standard InChI is InChI=1S/C18H15NO4S/c20-17(15-8-2-1-3-9-15)13-19-23-24(21,22)18-12-6-10-14-7-4-5-11-16(14)18/h1-12,19H,13H2. The molecule has 3 aromatic carbocycles. The van der Waals surface area contributed by atoms with Crippen molar-refractivity contribution in [3.05, 3.63) is 78.4 Å². The van der Waals surface area contributed by atoms with E-state index in [-0.39, 0.29) is 17.2 Å². The summed E-state index contributed by atoms with van der Waals surface area (Å²) in [5.74, 6) is -0.260. The second-order valence-electron chi connectivity index (χ2n) is 5.13. The molecule has 6 heteroatoms. The summed E-state index contributed by atoms with van der Waals surface area (Å²) in [6, 6.07) is 20.6. The SMILES string of the molecule is O=C(CNOS(=O)(=O)c1cccc2ccccc12)c1ccccc1. The van der Waals surface area contributed by atoms with Gasteiger partial charge in [-0.1, -0.05) is 66.7 Å². The van der Waals surface area contributed by atoms with Gasteiger partial charge in [0.15, 0.2) is 5.78 Å². The monoisotopic (exact) mass is 341 g/mol. The lowest BCUT2D eigenvalue weighted by Gasteiger charge is -2.09. The lowest BCUT2D eigenvalue weighted by Crippen LogP contribution is -2.26. The van der Waals surface area contributed by atoms with E-state index in [0.717, 1.165) is 5.39 Å². The minimum atomic E-state index is -4.03. The van der Waals surface area contributed by atoms with Crippen molar-refractivity contribution >= 4 is 26.7 Å². The van der Waals surface area contributed by atoms with Gasteiger partial charge in [0.1, 0.15) is 4.90 Å². The first-order chi connectivity index (χ1) is 11.6. The molecule has 0 saturated carbocycles. The van der Waals surface area contributed by atoms with E-state index in [1.54, 1.807) is 48.5 Å². The lowest BCUT2D eigenvalue weighted by atomic mass is 10.1. The zero-order valence-electron chi connectivity index (χ0n) is 12.7. The topological polar surface area (TPSA) is 72.5 Å². The molecular weight excluding hydrogens is 326 g/mol. The average Bonchev–Trinajstić information content (AvgIpc) is 2.61. The molecule has 0 heterocycles. The number of carbonyl (C=O) groups excluding carboxylic acids is 1. The van der Waals surface area contributed by atoms with Crippen molar-refractivity contribution < 1.29 is 17.5 Å². The van der Waals surface area contributed by atoms with Gasteiger partial charge in [-0.05, 0) is 11.5 Å². The molecule has 5 nitrogen and oxygen atoms in total. The highest BCUT2D eigenvalue weighted by Gasteiger charge is 2.19. The molecule has 0 atom stereocenters. The van der Waals surface area contributed by atoms with Gasteiger partial charge in [0.25, 0.3) is 0 Å². The van der Waals surface area contributed by atoms with Crippen molar-refractivity contribution in [2.75, 3.05) is 6.54 Å². The quantitative estimate of drug-likeness (QED) is 0.551. The molecule has 0 amide bonds. The Balaban J connectivity index is 1.73. The van der Waals surface area contributed by atoms with Gasteiger partial charge in [0, 0.05) is 10.9 Å². The Morgan fingerprint density at radius 3 is 2.33 bits per heavy atom. The minimum Gasteiger partial charge on any atom is -0.293 e. The van der Waals surface area contributed by atoms with Crippen LogP contribution in [0.5, 0.6) is 0 Å². The zero-order valence-corrected chi connectivity index (χ0v) is 13.5. The van der Waals surface area contributed by atoms with Gasteiger partial charge in [-0.3, -0.25) is 4.79 Å². The number of rotatable bonds is 6. The summed E-state index contributed by atoms with van der Waals surface area (Å²) >= 11 is 0. The first kappa shape index (κ1) is 16.3. The fourth-order valence-electron chi connectivity index (χ4n) is 2.36. The molecule has 0 aliphatic rings. The van der Waals surface area contributed by atoms with E-state index in [1.807, 2.05) is 18.2 Å². The molecule has 3 aromatic rings. The normalized spacial score (nSPS) is 11.5. The van der Waals surface area contributed by atoms with Crippen molar-refractivity contribution in [1.29, 1.82) is 0 Å². The molecule has 24 heavy (non-hydrogen) atoms. The smallest absolute Gasteiger partial charge is 0.293 e. The molecule has 0 radical (unpaired) electrons. The van der Waals surface area contributed by atoms with Gasteiger partial charge in [-0.2, -0.15) is 18.2 Å². The maximum Gasteiger partial charge on any atom is 0.313 e. The van der Waals surface area contributed by atoms with Crippen molar-refractivity contribution in [2.24, 2.45) is 0 Å². The molecule has 0 aliphatic heterocycles. The van der Waals surface area contributed by atoms with Crippen LogP contribution in [0.15, 0.2) is 77.7 Å². The van der Waals surface area contributed by atoms with Crippen LogP contribution in [0.3, 0.4) is 0 Å². The molecular formula is C18H15NO4S. The average molecular weight is 341 g/mol. The van der Waals surface area contributed by atoms with E-state index in [9.17, 15) is 13.2 Å². The number of hydrogen-bond acceptors (Lipinski definition) is 5. The summed E-state index contributed by atoms with van der Waals surface area (Å²) in [5, 5.41) is 1.36. The van der Waals surface area contributed by atoms with Crippen molar-refractivity contribution in [2.45, 2.75) is 4.90 Å². The van der Waals surface area contributed by atoms with Crippen LogP contribution in [0.4, 0.5) is 0 Å². The van der Waals surface area contributed by atoms with Crippen LogP contribution in [-0.4, -0.2) is 20.7 Å². The number of Topliss-reactive ketones (excluding diaryl/α,β-unsaturated/α-hetero) is 1. The van der Waals surface area contributed by atoms with Crippen LogP contribution < -0.4 is 5.48 Å². The summed E-state index contributed by atoms with van der Waals surface area (Å²) in [5.41, 5.74) is 2.73. The highest BCUT2D eigenvalue weighted by molar-refractivity contribution is 7.87. The minimum absolute atomic E-state index is 0.0558. The summed E-state index contributed by atoms with van der Waals surface area (Å²) in [6.07, 6.45) is 0.